The third-order valence-electron chi connectivity index (χ3n) is 3.10. The molecule has 0 radical (unpaired) electrons. The number of hydrogen-bond donors (Lipinski definition) is 1. The van der Waals surface area contributed by atoms with Crippen LogP contribution in [-0.2, 0) is 0 Å². The minimum atomic E-state index is -0.946. The lowest BCUT2D eigenvalue weighted by Gasteiger charge is -2.30. The van der Waals surface area contributed by atoms with Crippen molar-refractivity contribution in [2.75, 3.05) is 13.1 Å². The van der Waals surface area contributed by atoms with E-state index < -0.39 is 11.0 Å². The third-order valence-corrected chi connectivity index (χ3v) is 3.10. The predicted molar refractivity (Wildman–Crippen MR) is 80.6 cm³/mol. The van der Waals surface area contributed by atoms with Gasteiger partial charge in [0, 0.05) is 25.2 Å². The maximum Gasteiger partial charge on any atom is 0.407 e. The molecule has 21 heavy (non-hydrogen) atoms. The van der Waals surface area contributed by atoms with Gasteiger partial charge in [-0.15, -0.1) is 0 Å². The molecule has 1 N–H and O–H groups in total. The zero-order chi connectivity index (χ0) is 16.2. The van der Waals surface area contributed by atoms with Crippen molar-refractivity contribution in [2.24, 2.45) is 5.41 Å². The van der Waals surface area contributed by atoms with Crippen LogP contribution in [0.2, 0.25) is 0 Å². The van der Waals surface area contributed by atoms with Crippen molar-refractivity contribution < 1.29 is 14.8 Å². The number of hydrogen-bond acceptors (Lipinski definition) is 3. The van der Waals surface area contributed by atoms with Crippen LogP contribution in [0, 0.1) is 15.5 Å². The minimum absolute atomic E-state index is 0.0238. The van der Waals surface area contributed by atoms with Crippen molar-refractivity contribution in [3.8, 4) is 0 Å². The summed E-state index contributed by atoms with van der Waals surface area (Å²) in [5.74, 6) is -0.0238. The van der Waals surface area contributed by atoms with Crippen molar-refractivity contribution in [3.05, 3.63) is 39.9 Å². The monoisotopic (exact) mass is 294 g/mol. The van der Waals surface area contributed by atoms with E-state index in [0.717, 1.165) is 5.56 Å². The number of carboxylic acid groups (broad SMARTS) is 1. The van der Waals surface area contributed by atoms with Gasteiger partial charge in [-0.1, -0.05) is 39.8 Å². The van der Waals surface area contributed by atoms with Gasteiger partial charge in [0.1, 0.15) is 0 Å². The molecular weight excluding hydrogens is 272 g/mol. The van der Waals surface area contributed by atoms with Gasteiger partial charge in [-0.3, -0.25) is 10.1 Å². The summed E-state index contributed by atoms with van der Waals surface area (Å²) in [5.41, 5.74) is 0.810. The molecule has 0 saturated carbocycles. The van der Waals surface area contributed by atoms with E-state index in [9.17, 15) is 20.0 Å². The zero-order valence-corrected chi connectivity index (χ0v) is 12.9. The van der Waals surface area contributed by atoms with Gasteiger partial charge >= 0.3 is 6.09 Å². The summed E-state index contributed by atoms with van der Waals surface area (Å²) in [6, 6.07) is 6.25. The van der Waals surface area contributed by atoms with Crippen LogP contribution in [0.3, 0.4) is 0 Å². The van der Waals surface area contributed by atoms with Gasteiger partial charge in [0.2, 0.25) is 0 Å². The Morgan fingerprint density at radius 3 is 2.24 bits per heavy atom. The molecule has 0 fully saturated rings. The first-order valence-corrected chi connectivity index (χ1v) is 6.82. The summed E-state index contributed by atoms with van der Waals surface area (Å²) in [5, 5.41) is 19.9. The number of rotatable bonds is 5. The number of nitro groups is 1. The maximum absolute atomic E-state index is 11.3. The van der Waals surface area contributed by atoms with Crippen LogP contribution in [0.4, 0.5) is 10.5 Å². The van der Waals surface area contributed by atoms with Gasteiger partial charge in [-0.2, -0.15) is 0 Å². The Bertz CT molecular complexity index is 505. The van der Waals surface area contributed by atoms with Crippen molar-refractivity contribution in [2.45, 2.75) is 33.6 Å². The van der Waals surface area contributed by atoms with Gasteiger partial charge in [0.15, 0.2) is 0 Å². The first kappa shape index (κ1) is 16.9. The van der Waals surface area contributed by atoms with Crippen LogP contribution in [-0.4, -0.2) is 34.1 Å². The topological polar surface area (TPSA) is 83.7 Å². The molecule has 0 heterocycles. The Kier molecular flexibility index (Phi) is 5.29. The van der Waals surface area contributed by atoms with E-state index in [2.05, 4.69) is 0 Å². The van der Waals surface area contributed by atoms with E-state index in [1.165, 1.54) is 17.0 Å². The number of nitro benzene ring substituents is 1. The molecule has 6 heteroatoms. The Labute approximate surface area is 124 Å². The van der Waals surface area contributed by atoms with E-state index in [-0.39, 0.29) is 17.0 Å². The molecule has 0 aliphatic carbocycles. The summed E-state index contributed by atoms with van der Waals surface area (Å²) in [4.78, 5) is 22.9. The molecule has 116 valence electrons. The Hall–Kier alpha value is -2.11. The lowest BCUT2D eigenvalue weighted by molar-refractivity contribution is -0.384. The van der Waals surface area contributed by atoms with Crippen LogP contribution in [0.1, 0.15) is 39.2 Å². The van der Waals surface area contributed by atoms with Gasteiger partial charge in [0.25, 0.3) is 5.69 Å². The minimum Gasteiger partial charge on any atom is -0.465 e. The first-order chi connectivity index (χ1) is 9.60. The fraction of sp³-hybridized carbons (Fsp3) is 0.533. The molecule has 1 aromatic carbocycles. The van der Waals surface area contributed by atoms with Crippen molar-refractivity contribution in [3.63, 3.8) is 0 Å². The Morgan fingerprint density at radius 2 is 1.86 bits per heavy atom. The molecule has 0 aliphatic heterocycles. The standard InChI is InChI=1S/C15H22N2O4/c1-11(9-16(14(18)19)10-15(2,3)4)12-5-7-13(8-6-12)17(20)21/h5-8,11H,9-10H2,1-4H3,(H,18,19). The van der Waals surface area contributed by atoms with Gasteiger partial charge in [-0.05, 0) is 16.9 Å². The number of non-ortho nitro benzene ring substituents is 1. The van der Waals surface area contributed by atoms with Crippen molar-refractivity contribution in [1.29, 1.82) is 0 Å². The average Bonchev–Trinajstić information content (AvgIpc) is 2.36. The highest BCUT2D eigenvalue weighted by Gasteiger charge is 2.22. The largest absolute Gasteiger partial charge is 0.465 e. The number of benzene rings is 1. The fourth-order valence-corrected chi connectivity index (χ4v) is 2.14. The van der Waals surface area contributed by atoms with E-state index in [1.807, 2.05) is 27.7 Å². The number of carbonyl (C=O) groups is 1. The zero-order valence-electron chi connectivity index (χ0n) is 12.9. The summed E-state index contributed by atoms with van der Waals surface area (Å²) >= 11 is 0. The van der Waals surface area contributed by atoms with Crippen LogP contribution < -0.4 is 0 Å². The van der Waals surface area contributed by atoms with Crippen molar-refractivity contribution in [1.82, 2.24) is 4.90 Å². The van der Waals surface area contributed by atoms with Crippen LogP contribution in [0.25, 0.3) is 0 Å². The van der Waals surface area contributed by atoms with Crippen LogP contribution in [0.5, 0.6) is 0 Å². The van der Waals surface area contributed by atoms with E-state index in [4.69, 9.17) is 0 Å². The summed E-state index contributed by atoms with van der Waals surface area (Å²) in [7, 11) is 0. The molecule has 0 spiro atoms. The molecular formula is C15H22N2O4. The van der Waals surface area contributed by atoms with E-state index >= 15 is 0 Å². The van der Waals surface area contributed by atoms with Crippen LogP contribution >= 0.6 is 0 Å². The van der Waals surface area contributed by atoms with Gasteiger partial charge < -0.3 is 10.0 Å². The molecule has 1 aromatic rings. The highest BCUT2D eigenvalue weighted by molar-refractivity contribution is 5.65. The second-order valence-electron chi connectivity index (χ2n) is 6.47. The quantitative estimate of drug-likeness (QED) is 0.662. The highest BCUT2D eigenvalue weighted by Crippen LogP contribution is 2.22. The SMILES string of the molecule is CC(CN(CC(C)(C)C)C(=O)O)c1ccc([N+](=O)[O-])cc1. The molecule has 1 unspecified atom stereocenters. The molecule has 0 aromatic heterocycles. The third kappa shape index (κ3) is 5.41. The molecule has 0 bridgehead atoms. The molecule has 0 saturated heterocycles. The summed E-state index contributed by atoms with van der Waals surface area (Å²) in [6.07, 6.45) is -0.946. The van der Waals surface area contributed by atoms with E-state index in [1.54, 1.807) is 12.1 Å². The van der Waals surface area contributed by atoms with Crippen molar-refractivity contribution >= 4 is 11.8 Å². The smallest absolute Gasteiger partial charge is 0.407 e. The molecule has 1 amide bonds. The second-order valence-corrected chi connectivity index (χ2v) is 6.47. The number of nitrogens with zero attached hydrogens (tertiary/aromatic N) is 2. The van der Waals surface area contributed by atoms with Gasteiger partial charge in [0.05, 0.1) is 4.92 Å². The lowest BCUT2D eigenvalue weighted by Crippen LogP contribution is -2.39. The first-order valence-electron chi connectivity index (χ1n) is 6.82. The predicted octanol–water partition coefficient (Wildman–Crippen LogP) is 3.72. The molecule has 6 nitrogen and oxygen atoms in total. The normalized spacial score (nSPS) is 12.8. The Morgan fingerprint density at radius 1 is 1.33 bits per heavy atom. The fourth-order valence-electron chi connectivity index (χ4n) is 2.14. The van der Waals surface area contributed by atoms with E-state index in [0.29, 0.717) is 13.1 Å². The summed E-state index contributed by atoms with van der Waals surface area (Å²) in [6.45, 7) is 8.68. The lowest BCUT2D eigenvalue weighted by atomic mass is 9.94. The van der Waals surface area contributed by atoms with Gasteiger partial charge in [-0.25, -0.2) is 4.79 Å². The second kappa shape index (κ2) is 6.56. The molecule has 1 atom stereocenters. The van der Waals surface area contributed by atoms with Crippen LogP contribution in [0.15, 0.2) is 24.3 Å². The average molecular weight is 294 g/mol. The molecule has 1 rings (SSSR count). The summed E-state index contributed by atoms with van der Waals surface area (Å²) < 4.78 is 0. The molecule has 0 aliphatic rings. The Balaban J connectivity index is 2.79. The number of amides is 1. The maximum atomic E-state index is 11.3. The highest BCUT2D eigenvalue weighted by atomic mass is 16.6.